The van der Waals surface area contributed by atoms with Crippen molar-refractivity contribution in [3.05, 3.63) is 66.0 Å². The number of carbonyl (C=O) groups is 1. The molecule has 0 radical (unpaired) electrons. The van der Waals surface area contributed by atoms with Gasteiger partial charge in [0, 0.05) is 31.1 Å². The molecule has 1 aromatic carbocycles. The molecule has 0 saturated heterocycles. The van der Waals surface area contributed by atoms with E-state index in [4.69, 9.17) is 15.2 Å². The third kappa shape index (κ3) is 9.20. The molecule has 0 bridgehead atoms. The molecule has 0 unspecified atom stereocenters. The molecular weight excluding hydrogens is 427 g/mol. The van der Waals surface area contributed by atoms with Crippen LogP contribution in [0.4, 0.5) is 21.6 Å². The first kappa shape index (κ1) is 25.0. The van der Waals surface area contributed by atoms with E-state index in [1.54, 1.807) is 43.9 Å². The van der Waals surface area contributed by atoms with Crippen molar-refractivity contribution >= 4 is 23.6 Å². The van der Waals surface area contributed by atoms with Crippen LogP contribution < -0.4 is 21.1 Å². The number of hydrogen-bond donors (Lipinski definition) is 3. The van der Waals surface area contributed by atoms with Gasteiger partial charge in [-0.3, -0.25) is 9.78 Å². The minimum Gasteiger partial charge on any atom is -0.463 e. The van der Waals surface area contributed by atoms with Crippen LogP contribution in [-0.2, 0) is 16.1 Å². The number of pyridine rings is 1. The van der Waals surface area contributed by atoms with Crippen molar-refractivity contribution < 1.29 is 18.7 Å². The number of nitrogen functional groups attached to an aromatic ring is 1. The van der Waals surface area contributed by atoms with Gasteiger partial charge >= 0.3 is 0 Å². The van der Waals surface area contributed by atoms with Crippen LogP contribution in [0.15, 0.2) is 48.9 Å². The summed E-state index contributed by atoms with van der Waals surface area (Å²) in [6.07, 6.45) is 5.35. The fourth-order valence-corrected chi connectivity index (χ4v) is 2.37. The number of nitrogens with two attached hydrogens (primary N) is 1. The Bertz CT molecular complexity index is 1080. The van der Waals surface area contributed by atoms with E-state index < -0.39 is 0 Å². The number of methoxy groups -OCH3 is 1. The van der Waals surface area contributed by atoms with Crippen LogP contribution in [-0.4, -0.2) is 41.7 Å². The fraction of sp³-hybridized carbons (Fsp3) is 0.217. The molecule has 0 atom stereocenters. The summed E-state index contributed by atoms with van der Waals surface area (Å²) in [5, 5.41) is 5.47. The average Bonchev–Trinajstić information content (AvgIpc) is 2.82. The van der Waals surface area contributed by atoms with Crippen LogP contribution in [0.3, 0.4) is 0 Å². The smallest absolute Gasteiger partial charge is 0.233 e. The van der Waals surface area contributed by atoms with E-state index in [1.165, 1.54) is 12.1 Å². The van der Waals surface area contributed by atoms with Crippen molar-refractivity contribution in [2.75, 3.05) is 36.7 Å². The maximum Gasteiger partial charge on any atom is 0.233 e. The number of rotatable bonds is 8. The van der Waals surface area contributed by atoms with E-state index in [2.05, 4.69) is 37.4 Å². The highest BCUT2D eigenvalue weighted by molar-refractivity contribution is 5.71. The van der Waals surface area contributed by atoms with Gasteiger partial charge in [-0.15, -0.1) is 0 Å². The molecule has 1 amide bonds. The summed E-state index contributed by atoms with van der Waals surface area (Å²) < 4.78 is 23.6. The lowest BCUT2D eigenvalue weighted by Gasteiger charge is -2.10. The van der Waals surface area contributed by atoms with Gasteiger partial charge in [-0.25, -0.2) is 14.4 Å². The van der Waals surface area contributed by atoms with Crippen LogP contribution >= 0.6 is 0 Å². The first-order chi connectivity index (χ1) is 16.0. The van der Waals surface area contributed by atoms with Crippen LogP contribution in [0.1, 0.15) is 11.3 Å². The number of amides is 1. The molecule has 3 rings (SSSR count). The highest BCUT2D eigenvalue weighted by Gasteiger charge is 2.05. The van der Waals surface area contributed by atoms with Gasteiger partial charge in [0.25, 0.3) is 0 Å². The second kappa shape index (κ2) is 14.0. The lowest BCUT2D eigenvalue weighted by Crippen LogP contribution is -2.06. The Labute approximate surface area is 191 Å². The van der Waals surface area contributed by atoms with E-state index in [1.807, 2.05) is 6.92 Å². The predicted molar refractivity (Wildman–Crippen MR) is 124 cm³/mol. The maximum atomic E-state index is 13.6. The molecule has 2 aromatic heterocycles. The first-order valence-corrected chi connectivity index (χ1v) is 9.82. The van der Waals surface area contributed by atoms with Gasteiger partial charge in [-0.1, -0.05) is 11.8 Å². The summed E-state index contributed by atoms with van der Waals surface area (Å²) in [6, 6.07) is 7.84. The molecule has 3 aromatic rings. The van der Waals surface area contributed by atoms with E-state index in [0.717, 1.165) is 5.69 Å². The van der Waals surface area contributed by atoms with Crippen molar-refractivity contribution in [3.8, 4) is 17.7 Å². The maximum absolute atomic E-state index is 13.6. The van der Waals surface area contributed by atoms with Crippen molar-refractivity contribution in [1.82, 2.24) is 15.0 Å². The second-order valence-electron chi connectivity index (χ2n) is 6.43. The van der Waals surface area contributed by atoms with Gasteiger partial charge in [0.15, 0.2) is 6.61 Å². The molecule has 9 nitrogen and oxygen atoms in total. The SMILES string of the molecule is COCC#CCOc1cnc(C)cn1.Nc1ncccc1NCc1cc(NC=O)ccc1F. The Morgan fingerprint density at radius 3 is 2.67 bits per heavy atom. The Hall–Kier alpha value is -4.23. The number of aryl methyl sites for hydroxylation is 1. The van der Waals surface area contributed by atoms with Crippen LogP contribution in [0.25, 0.3) is 0 Å². The summed E-state index contributed by atoms with van der Waals surface area (Å²) in [7, 11) is 1.60. The molecule has 0 saturated carbocycles. The Kier molecular flexibility index (Phi) is 10.6. The predicted octanol–water partition coefficient (Wildman–Crippen LogP) is 2.80. The third-order valence-corrected chi connectivity index (χ3v) is 3.97. The Morgan fingerprint density at radius 2 is 1.97 bits per heavy atom. The van der Waals surface area contributed by atoms with Gasteiger partial charge in [0.2, 0.25) is 12.3 Å². The minimum absolute atomic E-state index is 0.246. The summed E-state index contributed by atoms with van der Waals surface area (Å²) in [5.41, 5.74) is 8.13. The Morgan fingerprint density at radius 1 is 1.15 bits per heavy atom. The van der Waals surface area contributed by atoms with Crippen LogP contribution in [0, 0.1) is 24.6 Å². The van der Waals surface area contributed by atoms with Crippen molar-refractivity contribution in [3.63, 3.8) is 0 Å². The van der Waals surface area contributed by atoms with E-state index in [0.29, 0.717) is 48.3 Å². The highest BCUT2D eigenvalue weighted by atomic mass is 19.1. The number of aromatic nitrogens is 3. The van der Waals surface area contributed by atoms with Crippen molar-refractivity contribution in [2.45, 2.75) is 13.5 Å². The summed E-state index contributed by atoms with van der Waals surface area (Å²) in [6.45, 7) is 2.84. The first-order valence-electron chi connectivity index (χ1n) is 9.82. The Balaban J connectivity index is 0.000000245. The van der Waals surface area contributed by atoms with E-state index >= 15 is 0 Å². The summed E-state index contributed by atoms with van der Waals surface area (Å²) in [4.78, 5) is 22.3. The standard InChI is InChI=1S/C13H13FN4O.C10H12N2O2/c14-11-4-3-10(18-8-19)6-9(11)7-17-12-2-1-5-16-13(12)15;1-9-7-12-10(8-11-9)14-6-4-3-5-13-2/h1-6,8,17H,7H2,(H2,15,16)(H,18,19);7-8H,5-6H2,1-2H3. The van der Waals surface area contributed by atoms with Gasteiger partial charge in [-0.05, 0) is 37.3 Å². The topological polar surface area (TPSA) is 124 Å². The third-order valence-electron chi connectivity index (χ3n) is 3.97. The van der Waals surface area contributed by atoms with E-state index in [9.17, 15) is 9.18 Å². The molecule has 33 heavy (non-hydrogen) atoms. The molecule has 0 fully saturated rings. The number of halogens is 1. The van der Waals surface area contributed by atoms with Crippen LogP contribution in [0.2, 0.25) is 0 Å². The normalized spacial score (nSPS) is 9.55. The monoisotopic (exact) mass is 452 g/mol. The number of nitrogens with zero attached hydrogens (tertiary/aromatic N) is 3. The minimum atomic E-state index is -0.355. The fourth-order valence-electron chi connectivity index (χ4n) is 2.37. The number of benzene rings is 1. The number of ether oxygens (including phenoxy) is 2. The van der Waals surface area contributed by atoms with Crippen LogP contribution in [0.5, 0.6) is 5.88 Å². The molecule has 172 valence electrons. The molecule has 2 heterocycles. The molecule has 10 heteroatoms. The lowest BCUT2D eigenvalue weighted by atomic mass is 10.2. The van der Waals surface area contributed by atoms with Gasteiger partial charge in [0.1, 0.15) is 18.2 Å². The molecule has 0 spiro atoms. The van der Waals surface area contributed by atoms with Crippen molar-refractivity contribution in [1.29, 1.82) is 0 Å². The largest absolute Gasteiger partial charge is 0.463 e. The van der Waals surface area contributed by atoms with E-state index in [-0.39, 0.29) is 12.4 Å². The second-order valence-corrected chi connectivity index (χ2v) is 6.43. The molecule has 4 N–H and O–H groups in total. The molecular formula is C23H25FN6O3. The number of carbonyl (C=O) groups excluding carboxylic acids is 1. The molecule has 0 aliphatic rings. The zero-order valence-electron chi connectivity index (χ0n) is 18.3. The quantitative estimate of drug-likeness (QED) is 0.352. The van der Waals surface area contributed by atoms with Gasteiger partial charge in [-0.2, -0.15) is 0 Å². The summed E-state index contributed by atoms with van der Waals surface area (Å²) in [5.74, 6) is 6.04. The lowest BCUT2D eigenvalue weighted by molar-refractivity contribution is -0.105. The zero-order chi connectivity index (χ0) is 23.9. The van der Waals surface area contributed by atoms with Crippen molar-refractivity contribution in [2.24, 2.45) is 0 Å². The zero-order valence-corrected chi connectivity index (χ0v) is 18.3. The van der Waals surface area contributed by atoms with Gasteiger partial charge in [0.05, 0.1) is 23.8 Å². The highest BCUT2D eigenvalue weighted by Crippen LogP contribution is 2.18. The number of anilines is 3. The average molecular weight is 452 g/mol. The number of hydrogen-bond acceptors (Lipinski definition) is 8. The summed E-state index contributed by atoms with van der Waals surface area (Å²) >= 11 is 0. The molecule has 0 aliphatic heterocycles. The van der Waals surface area contributed by atoms with Gasteiger partial charge < -0.3 is 25.8 Å². The number of nitrogens with one attached hydrogen (secondary N) is 2. The molecule has 0 aliphatic carbocycles.